The van der Waals surface area contributed by atoms with Crippen LogP contribution in [0.4, 0.5) is 5.69 Å². The number of nitrogens with one attached hydrogen (secondary N) is 2. The number of nitrogens with two attached hydrogens (primary N) is 1. The fourth-order valence-electron chi connectivity index (χ4n) is 3.62. The van der Waals surface area contributed by atoms with Crippen LogP contribution in [0.2, 0.25) is 5.02 Å². The Kier molecular flexibility index (Phi) is 6.01. The number of benzene rings is 2. The molecule has 2 unspecified atom stereocenters. The van der Waals surface area contributed by atoms with Crippen LogP contribution >= 0.6 is 11.6 Å². The van der Waals surface area contributed by atoms with Gasteiger partial charge in [-0.05, 0) is 60.2 Å². The van der Waals surface area contributed by atoms with Gasteiger partial charge in [0.25, 0.3) is 0 Å². The molecule has 0 heterocycles. The summed E-state index contributed by atoms with van der Waals surface area (Å²) in [6, 6.07) is 12.6. The summed E-state index contributed by atoms with van der Waals surface area (Å²) in [5, 5.41) is 6.59. The van der Waals surface area contributed by atoms with Crippen molar-refractivity contribution in [2.24, 2.45) is 0 Å². The van der Waals surface area contributed by atoms with Crippen molar-refractivity contribution >= 4 is 29.1 Å². The first-order chi connectivity index (χ1) is 12.9. The zero-order valence-corrected chi connectivity index (χ0v) is 16.1. The first-order valence-electron chi connectivity index (χ1n) is 9.12. The highest BCUT2D eigenvalue weighted by Gasteiger charge is 2.24. The molecule has 0 aromatic heterocycles. The second kappa shape index (κ2) is 8.44. The zero-order chi connectivity index (χ0) is 19.4. The van der Waals surface area contributed by atoms with Crippen LogP contribution in [0, 0.1) is 0 Å². The normalized spacial score (nSPS) is 16.9. The number of hydrogen-bond donors (Lipinski definition) is 3. The van der Waals surface area contributed by atoms with Gasteiger partial charge in [0, 0.05) is 17.6 Å². The van der Waals surface area contributed by atoms with E-state index in [9.17, 15) is 9.59 Å². The summed E-state index contributed by atoms with van der Waals surface area (Å²) >= 11 is 5.94. The lowest BCUT2D eigenvalue weighted by Gasteiger charge is -2.27. The van der Waals surface area contributed by atoms with Gasteiger partial charge < -0.3 is 16.4 Å². The molecular weight excluding hydrogens is 362 g/mol. The molecule has 0 bridgehead atoms. The van der Waals surface area contributed by atoms with E-state index in [1.54, 1.807) is 12.1 Å². The molecule has 1 aliphatic rings. The van der Waals surface area contributed by atoms with Crippen molar-refractivity contribution in [3.8, 4) is 0 Å². The lowest BCUT2D eigenvalue weighted by molar-refractivity contribution is -0.123. The smallest absolute Gasteiger partial charge is 0.222 e. The van der Waals surface area contributed by atoms with Crippen LogP contribution in [-0.4, -0.2) is 11.8 Å². The fourth-order valence-corrected chi connectivity index (χ4v) is 3.74. The third-order valence-corrected chi connectivity index (χ3v) is 5.11. The van der Waals surface area contributed by atoms with Crippen LogP contribution in [-0.2, 0) is 16.0 Å². The highest BCUT2D eigenvalue weighted by atomic mass is 35.5. The van der Waals surface area contributed by atoms with Gasteiger partial charge in [-0.2, -0.15) is 0 Å². The van der Waals surface area contributed by atoms with Gasteiger partial charge in [-0.15, -0.1) is 0 Å². The molecule has 0 saturated carbocycles. The molecular formula is C21H24ClN3O2. The maximum absolute atomic E-state index is 12.7. The summed E-state index contributed by atoms with van der Waals surface area (Å²) < 4.78 is 0. The maximum Gasteiger partial charge on any atom is 0.222 e. The van der Waals surface area contributed by atoms with Crippen molar-refractivity contribution in [3.05, 3.63) is 64.2 Å². The predicted octanol–water partition coefficient (Wildman–Crippen LogP) is 3.68. The molecule has 0 saturated heterocycles. The number of nitrogen functional groups attached to an aromatic ring is 1. The van der Waals surface area contributed by atoms with Crippen LogP contribution in [0.5, 0.6) is 0 Å². The molecule has 0 aliphatic heterocycles. The van der Waals surface area contributed by atoms with Gasteiger partial charge in [-0.1, -0.05) is 29.8 Å². The van der Waals surface area contributed by atoms with Crippen molar-refractivity contribution in [2.45, 2.75) is 44.7 Å². The van der Waals surface area contributed by atoms with Gasteiger partial charge in [-0.25, -0.2) is 0 Å². The molecule has 2 aromatic rings. The van der Waals surface area contributed by atoms with E-state index >= 15 is 0 Å². The number of amides is 2. The standard InChI is InChI=1S/C21H24ClN3O2/c1-13(26)24-20(14-5-7-16(22)8-6-14)12-21(27)25-19-4-2-3-15-11-17(23)9-10-18(15)19/h5-11,19-20H,2-4,12,23H2,1H3,(H,24,26)(H,25,27). The number of aryl methyl sites for hydroxylation is 1. The highest BCUT2D eigenvalue weighted by Crippen LogP contribution is 2.31. The first kappa shape index (κ1) is 19.2. The minimum absolute atomic E-state index is 0.0231. The molecule has 1 aliphatic carbocycles. The second-order valence-electron chi connectivity index (χ2n) is 6.98. The Morgan fingerprint density at radius 1 is 1.22 bits per heavy atom. The Bertz CT molecular complexity index is 836. The average Bonchev–Trinajstić information content (AvgIpc) is 2.61. The van der Waals surface area contributed by atoms with Crippen molar-refractivity contribution in [3.63, 3.8) is 0 Å². The molecule has 3 rings (SSSR count). The number of carbonyl (C=O) groups is 2. The molecule has 4 N–H and O–H groups in total. The molecule has 0 fully saturated rings. The van der Waals surface area contributed by atoms with E-state index < -0.39 is 6.04 Å². The van der Waals surface area contributed by atoms with E-state index in [-0.39, 0.29) is 24.3 Å². The number of rotatable bonds is 5. The van der Waals surface area contributed by atoms with Crippen LogP contribution in [0.25, 0.3) is 0 Å². The molecule has 0 spiro atoms. The third-order valence-electron chi connectivity index (χ3n) is 4.86. The monoisotopic (exact) mass is 385 g/mol. The number of hydrogen-bond acceptors (Lipinski definition) is 3. The van der Waals surface area contributed by atoms with Gasteiger partial charge in [0.1, 0.15) is 0 Å². The lowest BCUT2D eigenvalue weighted by atomic mass is 9.87. The third kappa shape index (κ3) is 5.01. The fraction of sp³-hybridized carbons (Fsp3) is 0.333. The van der Waals surface area contributed by atoms with Crippen LogP contribution in [0.3, 0.4) is 0 Å². The summed E-state index contributed by atoms with van der Waals surface area (Å²) in [5.74, 6) is -0.278. The zero-order valence-electron chi connectivity index (χ0n) is 15.3. The van der Waals surface area contributed by atoms with Gasteiger partial charge >= 0.3 is 0 Å². The van der Waals surface area contributed by atoms with Crippen LogP contribution in [0.15, 0.2) is 42.5 Å². The number of halogens is 1. The summed E-state index contributed by atoms with van der Waals surface area (Å²) in [6.45, 7) is 1.45. The number of anilines is 1. The SMILES string of the molecule is CC(=O)NC(CC(=O)NC1CCCc2cc(N)ccc21)c1ccc(Cl)cc1. The molecule has 142 valence electrons. The van der Waals surface area contributed by atoms with Crippen molar-refractivity contribution in [1.29, 1.82) is 0 Å². The van der Waals surface area contributed by atoms with Crippen molar-refractivity contribution in [1.82, 2.24) is 10.6 Å². The van der Waals surface area contributed by atoms with Gasteiger partial charge in [-0.3, -0.25) is 9.59 Å². The molecule has 27 heavy (non-hydrogen) atoms. The Morgan fingerprint density at radius 3 is 2.67 bits per heavy atom. The van der Waals surface area contributed by atoms with E-state index in [0.717, 1.165) is 36.1 Å². The summed E-state index contributed by atoms with van der Waals surface area (Å²) in [6.07, 6.45) is 3.05. The van der Waals surface area contributed by atoms with Gasteiger partial charge in [0.05, 0.1) is 18.5 Å². The molecule has 2 amide bonds. The minimum Gasteiger partial charge on any atom is -0.399 e. The topological polar surface area (TPSA) is 84.2 Å². The Labute approximate surface area is 164 Å². The Hall–Kier alpha value is -2.53. The van der Waals surface area contributed by atoms with E-state index in [0.29, 0.717) is 5.02 Å². The largest absolute Gasteiger partial charge is 0.399 e. The maximum atomic E-state index is 12.7. The minimum atomic E-state index is -0.394. The predicted molar refractivity (Wildman–Crippen MR) is 107 cm³/mol. The van der Waals surface area contributed by atoms with Crippen molar-refractivity contribution < 1.29 is 9.59 Å². The van der Waals surface area contributed by atoms with Gasteiger partial charge in [0.2, 0.25) is 11.8 Å². The average molecular weight is 386 g/mol. The van der Waals surface area contributed by atoms with E-state index in [2.05, 4.69) is 10.6 Å². The van der Waals surface area contributed by atoms with E-state index in [4.69, 9.17) is 17.3 Å². The summed E-state index contributed by atoms with van der Waals surface area (Å²) in [4.78, 5) is 24.3. The van der Waals surface area contributed by atoms with E-state index in [1.807, 2.05) is 30.3 Å². The first-order valence-corrected chi connectivity index (χ1v) is 9.50. The number of carbonyl (C=O) groups excluding carboxylic acids is 2. The number of fused-ring (bicyclic) bond motifs is 1. The molecule has 6 heteroatoms. The second-order valence-corrected chi connectivity index (χ2v) is 7.42. The Balaban J connectivity index is 1.71. The van der Waals surface area contributed by atoms with Crippen LogP contribution < -0.4 is 16.4 Å². The van der Waals surface area contributed by atoms with Crippen molar-refractivity contribution in [2.75, 3.05) is 5.73 Å². The quantitative estimate of drug-likeness (QED) is 0.686. The summed E-state index contributed by atoms with van der Waals surface area (Å²) in [5.41, 5.74) is 9.80. The highest BCUT2D eigenvalue weighted by molar-refractivity contribution is 6.30. The molecule has 5 nitrogen and oxygen atoms in total. The van der Waals surface area contributed by atoms with Crippen LogP contribution in [0.1, 0.15) is 55.0 Å². The summed E-state index contributed by atoms with van der Waals surface area (Å²) in [7, 11) is 0. The lowest BCUT2D eigenvalue weighted by Crippen LogP contribution is -2.35. The molecule has 2 atom stereocenters. The molecule has 2 aromatic carbocycles. The Morgan fingerprint density at radius 2 is 1.96 bits per heavy atom. The molecule has 0 radical (unpaired) electrons. The van der Waals surface area contributed by atoms with Gasteiger partial charge in [0.15, 0.2) is 0 Å². The van der Waals surface area contributed by atoms with E-state index in [1.165, 1.54) is 12.5 Å².